The van der Waals surface area contributed by atoms with Gasteiger partial charge in [0.1, 0.15) is 17.5 Å². The van der Waals surface area contributed by atoms with Crippen LogP contribution in [0.25, 0.3) is 0 Å². The molecular formula is C16H20ClN3O. The highest BCUT2D eigenvalue weighted by Crippen LogP contribution is 2.31. The monoisotopic (exact) mass is 305 g/mol. The second kappa shape index (κ2) is 5.70. The summed E-state index contributed by atoms with van der Waals surface area (Å²) in [6, 6.07) is 6.33. The Balaban J connectivity index is 1.78. The SMILES string of the molecule is Cc1nn(C)c(Cl)c1COc1ccc2c(c1)[C@@H](N)CCC2. The van der Waals surface area contributed by atoms with Crippen LogP contribution in [0, 0.1) is 6.92 Å². The van der Waals surface area contributed by atoms with Gasteiger partial charge in [0.25, 0.3) is 0 Å². The minimum absolute atomic E-state index is 0.126. The highest BCUT2D eigenvalue weighted by Gasteiger charge is 2.18. The number of hydrogen-bond donors (Lipinski definition) is 1. The van der Waals surface area contributed by atoms with E-state index in [4.69, 9.17) is 22.1 Å². The van der Waals surface area contributed by atoms with E-state index < -0.39 is 0 Å². The van der Waals surface area contributed by atoms with Gasteiger partial charge in [-0.1, -0.05) is 17.7 Å². The average molecular weight is 306 g/mol. The molecule has 0 radical (unpaired) electrons. The minimum Gasteiger partial charge on any atom is -0.489 e. The number of aryl methyl sites for hydroxylation is 3. The largest absolute Gasteiger partial charge is 0.489 e. The van der Waals surface area contributed by atoms with Gasteiger partial charge in [0.15, 0.2) is 0 Å². The zero-order valence-electron chi connectivity index (χ0n) is 12.4. The van der Waals surface area contributed by atoms with E-state index in [-0.39, 0.29) is 6.04 Å². The van der Waals surface area contributed by atoms with E-state index in [1.54, 1.807) is 4.68 Å². The van der Waals surface area contributed by atoms with E-state index in [1.165, 1.54) is 17.5 Å². The van der Waals surface area contributed by atoms with Gasteiger partial charge in [-0.05, 0) is 49.4 Å². The van der Waals surface area contributed by atoms with Crippen molar-refractivity contribution in [1.82, 2.24) is 9.78 Å². The Kier molecular flexibility index (Phi) is 3.91. The minimum atomic E-state index is 0.126. The molecule has 21 heavy (non-hydrogen) atoms. The van der Waals surface area contributed by atoms with E-state index >= 15 is 0 Å². The highest BCUT2D eigenvalue weighted by atomic mass is 35.5. The highest BCUT2D eigenvalue weighted by molar-refractivity contribution is 6.30. The molecule has 1 aliphatic carbocycles. The molecule has 1 aromatic heterocycles. The maximum atomic E-state index is 6.22. The lowest BCUT2D eigenvalue weighted by atomic mass is 9.88. The lowest BCUT2D eigenvalue weighted by Gasteiger charge is -2.22. The van der Waals surface area contributed by atoms with Crippen LogP contribution in [-0.4, -0.2) is 9.78 Å². The van der Waals surface area contributed by atoms with Crippen LogP contribution < -0.4 is 10.5 Å². The third kappa shape index (κ3) is 2.78. The molecule has 0 saturated carbocycles. The smallest absolute Gasteiger partial charge is 0.133 e. The van der Waals surface area contributed by atoms with Crippen molar-refractivity contribution < 1.29 is 4.74 Å². The van der Waals surface area contributed by atoms with Gasteiger partial charge in [0.2, 0.25) is 0 Å². The maximum Gasteiger partial charge on any atom is 0.133 e. The molecule has 0 aliphatic heterocycles. The van der Waals surface area contributed by atoms with Crippen molar-refractivity contribution in [2.75, 3.05) is 0 Å². The van der Waals surface area contributed by atoms with Crippen LogP contribution >= 0.6 is 11.6 Å². The summed E-state index contributed by atoms with van der Waals surface area (Å²) < 4.78 is 7.55. The summed E-state index contributed by atoms with van der Waals surface area (Å²) in [6.07, 6.45) is 3.32. The van der Waals surface area contributed by atoms with E-state index in [9.17, 15) is 0 Å². The topological polar surface area (TPSA) is 53.1 Å². The Labute approximate surface area is 129 Å². The molecule has 4 nitrogen and oxygen atoms in total. The standard InChI is InChI=1S/C16H20ClN3O/c1-10-14(16(17)20(2)19-10)9-21-12-7-6-11-4-3-5-15(18)13(11)8-12/h6-8,15H,3-5,9,18H2,1-2H3/t15-/m0/s1. The van der Waals surface area contributed by atoms with Crippen molar-refractivity contribution in [3.05, 3.63) is 45.7 Å². The number of ether oxygens (including phenoxy) is 1. The normalized spacial score (nSPS) is 17.6. The number of halogens is 1. The molecule has 0 bridgehead atoms. The third-order valence-electron chi connectivity index (χ3n) is 4.13. The number of benzene rings is 1. The van der Waals surface area contributed by atoms with E-state index in [2.05, 4.69) is 17.2 Å². The van der Waals surface area contributed by atoms with E-state index in [1.807, 2.05) is 20.0 Å². The Bertz CT molecular complexity index is 666. The molecule has 1 aliphatic rings. The predicted octanol–water partition coefficient (Wildman–Crippen LogP) is 3.30. The molecule has 0 saturated heterocycles. The fourth-order valence-electron chi connectivity index (χ4n) is 2.90. The van der Waals surface area contributed by atoms with Crippen molar-refractivity contribution in [1.29, 1.82) is 0 Å². The van der Waals surface area contributed by atoms with Crippen LogP contribution in [0.1, 0.15) is 41.3 Å². The number of aromatic nitrogens is 2. The lowest BCUT2D eigenvalue weighted by Crippen LogP contribution is -2.17. The first-order valence-electron chi connectivity index (χ1n) is 7.25. The number of rotatable bonds is 3. The van der Waals surface area contributed by atoms with Crippen molar-refractivity contribution in [2.24, 2.45) is 12.8 Å². The van der Waals surface area contributed by atoms with E-state index in [0.717, 1.165) is 29.8 Å². The molecule has 0 spiro atoms. The Morgan fingerprint density at radius 2 is 2.29 bits per heavy atom. The summed E-state index contributed by atoms with van der Waals surface area (Å²) in [7, 11) is 1.83. The summed E-state index contributed by atoms with van der Waals surface area (Å²) >= 11 is 6.22. The Morgan fingerprint density at radius 1 is 1.48 bits per heavy atom. The molecule has 1 aromatic carbocycles. The fraction of sp³-hybridized carbons (Fsp3) is 0.438. The van der Waals surface area contributed by atoms with Gasteiger partial charge in [-0.25, -0.2) is 0 Å². The molecule has 0 amide bonds. The molecule has 3 rings (SSSR count). The van der Waals surface area contributed by atoms with Gasteiger partial charge in [0.05, 0.1) is 5.69 Å². The predicted molar refractivity (Wildman–Crippen MR) is 83.6 cm³/mol. The molecule has 1 heterocycles. The number of fused-ring (bicyclic) bond motifs is 1. The first kappa shape index (κ1) is 14.4. The molecule has 112 valence electrons. The first-order valence-corrected chi connectivity index (χ1v) is 7.63. The lowest BCUT2D eigenvalue weighted by molar-refractivity contribution is 0.304. The Hall–Kier alpha value is -1.52. The van der Waals surface area contributed by atoms with Gasteiger partial charge in [-0.3, -0.25) is 4.68 Å². The number of hydrogen-bond acceptors (Lipinski definition) is 3. The average Bonchev–Trinajstić information content (AvgIpc) is 2.71. The van der Waals surface area contributed by atoms with Crippen LogP contribution in [0.4, 0.5) is 0 Å². The summed E-state index contributed by atoms with van der Waals surface area (Å²) in [4.78, 5) is 0. The van der Waals surface area contributed by atoms with Crippen LogP contribution in [0.5, 0.6) is 5.75 Å². The molecule has 0 fully saturated rings. The second-order valence-corrected chi connectivity index (χ2v) is 5.98. The molecule has 2 aromatic rings. The van der Waals surface area contributed by atoms with Gasteiger partial charge in [0, 0.05) is 18.7 Å². The number of nitrogens with zero attached hydrogens (tertiary/aromatic N) is 2. The van der Waals surface area contributed by atoms with Gasteiger partial charge in [-0.15, -0.1) is 0 Å². The van der Waals surface area contributed by atoms with Gasteiger partial charge in [-0.2, -0.15) is 5.10 Å². The molecular weight excluding hydrogens is 286 g/mol. The zero-order chi connectivity index (χ0) is 15.0. The summed E-state index contributed by atoms with van der Waals surface area (Å²) in [5.41, 5.74) is 10.6. The zero-order valence-corrected chi connectivity index (χ0v) is 13.2. The maximum absolute atomic E-state index is 6.22. The van der Waals surface area contributed by atoms with Crippen molar-refractivity contribution in [3.8, 4) is 5.75 Å². The Morgan fingerprint density at radius 3 is 3.00 bits per heavy atom. The summed E-state index contributed by atoms with van der Waals surface area (Å²) in [5, 5.41) is 4.92. The van der Waals surface area contributed by atoms with Crippen LogP contribution in [0.15, 0.2) is 18.2 Å². The third-order valence-corrected chi connectivity index (χ3v) is 4.60. The molecule has 1 atom stereocenters. The molecule has 2 N–H and O–H groups in total. The van der Waals surface area contributed by atoms with Crippen molar-refractivity contribution >= 4 is 11.6 Å². The van der Waals surface area contributed by atoms with Crippen LogP contribution in [0.3, 0.4) is 0 Å². The summed E-state index contributed by atoms with van der Waals surface area (Å²) in [6.45, 7) is 2.36. The first-order chi connectivity index (χ1) is 10.1. The van der Waals surface area contributed by atoms with Crippen LogP contribution in [0.2, 0.25) is 5.15 Å². The van der Waals surface area contributed by atoms with Crippen molar-refractivity contribution in [3.63, 3.8) is 0 Å². The van der Waals surface area contributed by atoms with E-state index in [0.29, 0.717) is 11.8 Å². The van der Waals surface area contributed by atoms with Crippen molar-refractivity contribution in [2.45, 2.75) is 38.8 Å². The molecule has 5 heteroatoms. The van der Waals surface area contributed by atoms with Gasteiger partial charge >= 0.3 is 0 Å². The van der Waals surface area contributed by atoms with Crippen LogP contribution in [-0.2, 0) is 20.1 Å². The molecule has 0 unspecified atom stereocenters. The van der Waals surface area contributed by atoms with Gasteiger partial charge < -0.3 is 10.5 Å². The second-order valence-electron chi connectivity index (χ2n) is 5.63. The number of nitrogens with two attached hydrogens (primary N) is 1. The quantitative estimate of drug-likeness (QED) is 0.946. The summed E-state index contributed by atoms with van der Waals surface area (Å²) in [5.74, 6) is 0.838. The fourth-order valence-corrected chi connectivity index (χ4v) is 3.13.